The fraction of sp³-hybridized carbons (Fsp3) is 0.462. The maximum absolute atomic E-state index is 14.6. The van der Waals surface area contributed by atoms with Crippen molar-refractivity contribution in [1.82, 2.24) is 9.91 Å². The number of hydrazone groups is 1. The van der Waals surface area contributed by atoms with Crippen molar-refractivity contribution < 1.29 is 18.7 Å². The first-order valence-corrected chi connectivity index (χ1v) is 11.6. The van der Waals surface area contributed by atoms with E-state index in [-0.39, 0.29) is 24.3 Å². The number of hydrogen-bond donors (Lipinski definition) is 0. The molecule has 0 unspecified atom stereocenters. The van der Waals surface area contributed by atoms with E-state index in [1.54, 1.807) is 38.5 Å². The highest BCUT2D eigenvalue weighted by molar-refractivity contribution is 6.03. The zero-order chi connectivity index (χ0) is 23.4. The van der Waals surface area contributed by atoms with E-state index in [0.29, 0.717) is 35.2 Å². The van der Waals surface area contributed by atoms with Crippen LogP contribution in [0.15, 0.2) is 47.6 Å². The maximum Gasteiger partial charge on any atom is 0.257 e. The number of likely N-dealkylation sites (N-methyl/N-ethyl adjacent to an activating group) is 1. The van der Waals surface area contributed by atoms with Crippen LogP contribution < -0.4 is 9.47 Å². The van der Waals surface area contributed by atoms with E-state index in [0.717, 1.165) is 18.4 Å². The van der Waals surface area contributed by atoms with Crippen molar-refractivity contribution in [2.24, 2.45) is 5.10 Å². The van der Waals surface area contributed by atoms with Crippen LogP contribution in [0.2, 0.25) is 0 Å². The molecule has 4 rings (SSSR count). The Morgan fingerprint density at radius 3 is 2.58 bits per heavy atom. The summed E-state index contributed by atoms with van der Waals surface area (Å²) < 4.78 is 25.5. The fourth-order valence-electron chi connectivity index (χ4n) is 4.87. The molecular formula is C26H32FN3O3. The summed E-state index contributed by atoms with van der Waals surface area (Å²) in [6, 6.07) is 12.1. The molecule has 0 spiro atoms. The van der Waals surface area contributed by atoms with Crippen LogP contribution in [0, 0.1) is 5.82 Å². The van der Waals surface area contributed by atoms with Gasteiger partial charge < -0.3 is 9.47 Å². The van der Waals surface area contributed by atoms with Gasteiger partial charge in [-0.2, -0.15) is 5.10 Å². The van der Waals surface area contributed by atoms with Crippen molar-refractivity contribution in [1.29, 1.82) is 0 Å². The SMILES string of the molecule is COc1ccc([C@H]2CC(c3ccccc3F)=NN2C(=O)CN(C)C2CCCCC2)c(OC)c1. The Morgan fingerprint density at radius 2 is 1.88 bits per heavy atom. The molecule has 6 nitrogen and oxygen atoms in total. The lowest BCUT2D eigenvalue weighted by atomic mass is 9.94. The summed E-state index contributed by atoms with van der Waals surface area (Å²) >= 11 is 0. The molecule has 1 aliphatic heterocycles. The molecule has 2 aromatic rings. The third-order valence-electron chi connectivity index (χ3n) is 6.73. The first-order valence-electron chi connectivity index (χ1n) is 11.6. The van der Waals surface area contributed by atoms with E-state index in [1.165, 1.54) is 30.3 Å². The molecule has 1 heterocycles. The van der Waals surface area contributed by atoms with E-state index < -0.39 is 0 Å². The highest BCUT2D eigenvalue weighted by Crippen LogP contribution is 2.39. The first kappa shape index (κ1) is 23.2. The molecule has 7 heteroatoms. The van der Waals surface area contributed by atoms with Crippen molar-refractivity contribution in [3.8, 4) is 11.5 Å². The first-order chi connectivity index (χ1) is 16.0. The van der Waals surface area contributed by atoms with Crippen molar-refractivity contribution in [2.45, 2.75) is 50.6 Å². The summed E-state index contributed by atoms with van der Waals surface area (Å²) in [5.41, 5.74) is 1.80. The molecule has 2 aromatic carbocycles. The van der Waals surface area contributed by atoms with Crippen LogP contribution in [0.25, 0.3) is 0 Å². The molecule has 1 fully saturated rings. The van der Waals surface area contributed by atoms with E-state index in [9.17, 15) is 9.18 Å². The fourth-order valence-corrected chi connectivity index (χ4v) is 4.87. The number of nitrogens with zero attached hydrogens (tertiary/aromatic N) is 3. The van der Waals surface area contributed by atoms with Crippen molar-refractivity contribution in [2.75, 3.05) is 27.8 Å². The minimum absolute atomic E-state index is 0.0997. The number of carbonyl (C=O) groups excluding carboxylic acids is 1. The number of amides is 1. The molecule has 1 atom stereocenters. The Hall–Kier alpha value is -2.93. The van der Waals surface area contributed by atoms with Crippen molar-refractivity contribution in [3.05, 3.63) is 59.4 Å². The Morgan fingerprint density at radius 1 is 1.12 bits per heavy atom. The smallest absolute Gasteiger partial charge is 0.257 e. The largest absolute Gasteiger partial charge is 0.497 e. The van der Waals surface area contributed by atoms with Crippen LogP contribution in [0.4, 0.5) is 4.39 Å². The van der Waals surface area contributed by atoms with Crippen LogP contribution >= 0.6 is 0 Å². The Labute approximate surface area is 195 Å². The lowest BCUT2D eigenvalue weighted by Crippen LogP contribution is -2.42. The van der Waals surface area contributed by atoms with E-state index in [4.69, 9.17) is 9.47 Å². The Kier molecular flexibility index (Phi) is 7.28. The Balaban J connectivity index is 1.64. The van der Waals surface area contributed by atoms with Crippen LogP contribution in [0.1, 0.15) is 55.7 Å². The molecule has 1 saturated carbocycles. The van der Waals surface area contributed by atoms with E-state index >= 15 is 0 Å². The number of methoxy groups -OCH3 is 2. The normalized spacial score (nSPS) is 19.0. The molecule has 0 aromatic heterocycles. The summed E-state index contributed by atoms with van der Waals surface area (Å²) in [5, 5.41) is 6.16. The quantitative estimate of drug-likeness (QED) is 0.605. The van der Waals surface area contributed by atoms with Gasteiger partial charge in [-0.25, -0.2) is 9.40 Å². The van der Waals surface area contributed by atoms with Crippen LogP contribution in [0.3, 0.4) is 0 Å². The average Bonchev–Trinajstić information content (AvgIpc) is 3.29. The summed E-state index contributed by atoms with van der Waals surface area (Å²) in [6.45, 7) is 0.272. The second-order valence-electron chi connectivity index (χ2n) is 8.80. The van der Waals surface area contributed by atoms with E-state index in [2.05, 4.69) is 10.0 Å². The van der Waals surface area contributed by atoms with Crippen LogP contribution in [-0.2, 0) is 4.79 Å². The summed E-state index contributed by atoms with van der Waals surface area (Å²) in [4.78, 5) is 15.6. The number of halogens is 1. The Bertz CT molecular complexity index is 1020. The predicted octanol–water partition coefficient (Wildman–Crippen LogP) is 4.79. The van der Waals surface area contributed by atoms with Gasteiger partial charge in [-0.1, -0.05) is 37.5 Å². The molecule has 0 radical (unpaired) electrons. The predicted molar refractivity (Wildman–Crippen MR) is 126 cm³/mol. The molecule has 0 bridgehead atoms. The number of benzene rings is 2. The monoisotopic (exact) mass is 453 g/mol. The van der Waals surface area contributed by atoms with Gasteiger partial charge in [0.25, 0.3) is 5.91 Å². The molecule has 1 aliphatic carbocycles. The van der Waals surface area contributed by atoms with Gasteiger partial charge in [-0.05, 0) is 38.1 Å². The molecule has 0 saturated heterocycles. The van der Waals surface area contributed by atoms with Gasteiger partial charge in [0.2, 0.25) is 0 Å². The van der Waals surface area contributed by atoms with Gasteiger partial charge in [-0.15, -0.1) is 0 Å². The summed E-state index contributed by atoms with van der Waals surface area (Å²) in [5.74, 6) is 0.837. The minimum Gasteiger partial charge on any atom is -0.497 e. The highest BCUT2D eigenvalue weighted by atomic mass is 19.1. The maximum atomic E-state index is 14.6. The lowest BCUT2D eigenvalue weighted by molar-refractivity contribution is -0.134. The second-order valence-corrected chi connectivity index (χ2v) is 8.80. The molecule has 33 heavy (non-hydrogen) atoms. The average molecular weight is 454 g/mol. The van der Waals surface area contributed by atoms with E-state index in [1.807, 2.05) is 19.2 Å². The van der Waals surface area contributed by atoms with Gasteiger partial charge in [0.05, 0.1) is 32.5 Å². The van der Waals surface area contributed by atoms with Gasteiger partial charge in [-0.3, -0.25) is 9.69 Å². The van der Waals surface area contributed by atoms with Gasteiger partial charge in [0, 0.05) is 29.7 Å². The number of rotatable bonds is 7. The number of hydrogen-bond acceptors (Lipinski definition) is 5. The molecule has 0 N–H and O–H groups in total. The van der Waals surface area contributed by atoms with Crippen molar-refractivity contribution in [3.63, 3.8) is 0 Å². The molecule has 1 amide bonds. The summed E-state index contributed by atoms with van der Waals surface area (Å²) in [6.07, 6.45) is 6.30. The number of carbonyl (C=O) groups is 1. The zero-order valence-corrected chi connectivity index (χ0v) is 19.6. The zero-order valence-electron chi connectivity index (χ0n) is 19.6. The minimum atomic E-state index is -0.382. The highest BCUT2D eigenvalue weighted by Gasteiger charge is 2.36. The van der Waals surface area contributed by atoms with Gasteiger partial charge >= 0.3 is 0 Å². The number of ether oxygens (including phenoxy) is 2. The van der Waals surface area contributed by atoms with Gasteiger partial charge in [0.15, 0.2) is 0 Å². The third kappa shape index (κ3) is 5.03. The summed E-state index contributed by atoms with van der Waals surface area (Å²) in [7, 11) is 5.20. The standard InChI is InChI=1S/C26H32FN3O3/c1-29(18-9-5-4-6-10-18)17-26(31)30-24(21-14-13-19(32-2)15-25(21)33-3)16-23(28-30)20-11-7-8-12-22(20)27/h7-8,11-15,18,24H,4-6,9-10,16-17H2,1-3H3/t24-/m1/s1. The van der Waals surface area contributed by atoms with Crippen LogP contribution in [-0.4, -0.2) is 55.4 Å². The van der Waals surface area contributed by atoms with Crippen LogP contribution in [0.5, 0.6) is 11.5 Å². The second kappa shape index (κ2) is 10.3. The molecular weight excluding hydrogens is 421 g/mol. The lowest BCUT2D eigenvalue weighted by Gasteiger charge is -2.32. The molecule has 2 aliphatic rings. The molecule has 176 valence electrons. The third-order valence-corrected chi connectivity index (χ3v) is 6.73. The van der Waals surface area contributed by atoms with Gasteiger partial charge in [0.1, 0.15) is 17.3 Å². The topological polar surface area (TPSA) is 54.4 Å². The van der Waals surface area contributed by atoms with Crippen molar-refractivity contribution >= 4 is 11.6 Å².